The van der Waals surface area contributed by atoms with Crippen LogP contribution in [0, 0.1) is 0 Å². The van der Waals surface area contributed by atoms with Crippen LogP contribution in [0.4, 0.5) is 6.01 Å². The van der Waals surface area contributed by atoms with Crippen LogP contribution in [0.25, 0.3) is 11.5 Å². The van der Waals surface area contributed by atoms with Crippen LogP contribution in [0.3, 0.4) is 0 Å². The van der Waals surface area contributed by atoms with Gasteiger partial charge in [-0.25, -0.2) is 0 Å². The second-order valence-corrected chi connectivity index (χ2v) is 4.77. The Balaban J connectivity index is 2.00. The maximum absolute atomic E-state index is 5.54. The molecule has 108 valence electrons. The summed E-state index contributed by atoms with van der Waals surface area (Å²) in [5.74, 6) is 0.515. The highest BCUT2D eigenvalue weighted by Gasteiger charge is 2.08. The quantitative estimate of drug-likeness (QED) is 0.779. The van der Waals surface area contributed by atoms with Gasteiger partial charge >= 0.3 is 6.01 Å². The molecule has 0 fully saturated rings. The highest BCUT2D eigenvalue weighted by Crippen LogP contribution is 2.20. The predicted molar refractivity (Wildman–Crippen MR) is 77.5 cm³/mol. The molecule has 0 saturated carbocycles. The molecule has 1 N–H and O–H groups in total. The Labute approximate surface area is 118 Å². The van der Waals surface area contributed by atoms with Crippen molar-refractivity contribution in [3.05, 3.63) is 29.8 Å². The molecule has 1 aromatic heterocycles. The van der Waals surface area contributed by atoms with Crippen molar-refractivity contribution in [3.8, 4) is 11.5 Å². The van der Waals surface area contributed by atoms with Crippen molar-refractivity contribution in [1.29, 1.82) is 0 Å². The molecule has 0 spiro atoms. The molecule has 0 amide bonds. The lowest BCUT2D eigenvalue weighted by Crippen LogP contribution is -2.10. The second kappa shape index (κ2) is 7.02. The van der Waals surface area contributed by atoms with Gasteiger partial charge in [-0.15, -0.1) is 5.10 Å². The smallest absolute Gasteiger partial charge is 0.315 e. The summed E-state index contributed by atoms with van der Waals surface area (Å²) in [7, 11) is 5.74. The summed E-state index contributed by atoms with van der Waals surface area (Å²) in [6.45, 7) is 2.14. The zero-order chi connectivity index (χ0) is 14.4. The molecule has 1 aromatic carbocycles. The Hall–Kier alpha value is -1.92. The van der Waals surface area contributed by atoms with Gasteiger partial charge in [-0.05, 0) is 31.8 Å². The summed E-state index contributed by atoms with van der Waals surface area (Å²) in [5, 5.41) is 11.0. The van der Waals surface area contributed by atoms with Crippen molar-refractivity contribution in [2.75, 3.05) is 39.7 Å². The van der Waals surface area contributed by atoms with Crippen LogP contribution in [-0.2, 0) is 11.3 Å². The van der Waals surface area contributed by atoms with E-state index in [1.165, 1.54) is 5.56 Å². The first-order chi connectivity index (χ1) is 9.69. The first kappa shape index (κ1) is 14.5. The Morgan fingerprint density at radius 2 is 1.95 bits per heavy atom. The summed E-state index contributed by atoms with van der Waals surface area (Å²) in [4.78, 5) is 2.12. The van der Waals surface area contributed by atoms with Gasteiger partial charge in [-0.1, -0.05) is 17.2 Å². The van der Waals surface area contributed by atoms with Crippen LogP contribution in [0.5, 0.6) is 0 Å². The third-order valence-corrected chi connectivity index (χ3v) is 2.71. The first-order valence-corrected chi connectivity index (χ1v) is 6.49. The van der Waals surface area contributed by atoms with Gasteiger partial charge in [0.1, 0.15) is 0 Å². The number of hydrogen-bond donors (Lipinski definition) is 1. The monoisotopic (exact) mass is 276 g/mol. The normalized spacial score (nSPS) is 11.0. The predicted octanol–water partition coefficient (Wildman–Crippen LogP) is 1.86. The Morgan fingerprint density at radius 1 is 1.20 bits per heavy atom. The molecule has 2 rings (SSSR count). The lowest BCUT2D eigenvalue weighted by Gasteiger charge is -2.09. The standard InChI is InChI=1S/C14H20N4O2/c1-18(2)10-11-4-6-12(7-5-11)13-16-17-14(20-13)15-8-9-19-3/h4-7H,8-10H2,1-3H3,(H,15,17). The molecule has 0 saturated heterocycles. The zero-order valence-corrected chi connectivity index (χ0v) is 12.1. The van der Waals surface area contributed by atoms with Gasteiger partial charge in [0, 0.05) is 25.8 Å². The molecule has 0 aliphatic heterocycles. The summed E-state index contributed by atoms with van der Waals surface area (Å²) in [6, 6.07) is 8.53. The average Bonchev–Trinajstić information content (AvgIpc) is 2.88. The van der Waals surface area contributed by atoms with Crippen molar-refractivity contribution in [2.45, 2.75) is 6.54 Å². The minimum Gasteiger partial charge on any atom is -0.403 e. The van der Waals surface area contributed by atoms with Crippen molar-refractivity contribution in [1.82, 2.24) is 15.1 Å². The van der Waals surface area contributed by atoms with E-state index in [2.05, 4.69) is 32.5 Å². The van der Waals surface area contributed by atoms with Gasteiger partial charge in [0.25, 0.3) is 0 Å². The van der Waals surface area contributed by atoms with Crippen LogP contribution in [0.2, 0.25) is 0 Å². The van der Waals surface area contributed by atoms with E-state index in [-0.39, 0.29) is 0 Å². The molecular weight excluding hydrogens is 256 g/mol. The highest BCUT2D eigenvalue weighted by molar-refractivity contribution is 5.53. The molecule has 1 heterocycles. The topological polar surface area (TPSA) is 63.4 Å². The summed E-state index contributed by atoms with van der Waals surface area (Å²) in [6.07, 6.45) is 0. The molecule has 2 aromatic rings. The fraction of sp³-hybridized carbons (Fsp3) is 0.429. The van der Waals surface area contributed by atoms with Gasteiger partial charge in [0.05, 0.1) is 6.61 Å². The summed E-state index contributed by atoms with van der Waals surface area (Å²) in [5.41, 5.74) is 2.16. The number of aromatic nitrogens is 2. The van der Waals surface area contributed by atoms with E-state index < -0.39 is 0 Å². The van der Waals surface area contributed by atoms with Crippen molar-refractivity contribution in [2.24, 2.45) is 0 Å². The number of nitrogens with one attached hydrogen (secondary N) is 1. The summed E-state index contributed by atoms with van der Waals surface area (Å²) >= 11 is 0. The van der Waals surface area contributed by atoms with Crippen LogP contribution in [-0.4, -0.2) is 49.5 Å². The minimum absolute atomic E-state index is 0.411. The first-order valence-electron chi connectivity index (χ1n) is 6.49. The molecule has 0 aliphatic carbocycles. The number of benzene rings is 1. The van der Waals surface area contributed by atoms with Crippen molar-refractivity contribution in [3.63, 3.8) is 0 Å². The molecular formula is C14H20N4O2. The number of hydrogen-bond acceptors (Lipinski definition) is 6. The van der Waals surface area contributed by atoms with E-state index in [0.717, 1.165) is 12.1 Å². The molecule has 0 unspecified atom stereocenters. The third kappa shape index (κ3) is 4.04. The molecule has 0 bridgehead atoms. The van der Waals surface area contributed by atoms with Gasteiger partial charge < -0.3 is 19.4 Å². The van der Waals surface area contributed by atoms with Crippen LogP contribution in [0.15, 0.2) is 28.7 Å². The molecule has 0 aliphatic rings. The largest absolute Gasteiger partial charge is 0.403 e. The van der Waals surface area contributed by atoms with Gasteiger partial charge in [0.15, 0.2) is 0 Å². The maximum Gasteiger partial charge on any atom is 0.315 e. The maximum atomic E-state index is 5.54. The molecule has 20 heavy (non-hydrogen) atoms. The Bertz CT molecular complexity index is 522. The molecule has 6 heteroatoms. The van der Waals surface area contributed by atoms with E-state index in [1.807, 2.05) is 26.2 Å². The fourth-order valence-corrected chi connectivity index (χ4v) is 1.79. The van der Waals surface area contributed by atoms with Crippen LogP contribution < -0.4 is 5.32 Å². The lowest BCUT2D eigenvalue weighted by atomic mass is 10.1. The Kier molecular flexibility index (Phi) is 5.09. The number of methoxy groups -OCH3 is 1. The van der Waals surface area contributed by atoms with E-state index in [9.17, 15) is 0 Å². The zero-order valence-electron chi connectivity index (χ0n) is 12.1. The third-order valence-electron chi connectivity index (χ3n) is 2.71. The van der Waals surface area contributed by atoms with Crippen LogP contribution >= 0.6 is 0 Å². The molecule has 6 nitrogen and oxygen atoms in total. The number of anilines is 1. The average molecular weight is 276 g/mol. The van der Waals surface area contributed by atoms with E-state index in [0.29, 0.717) is 25.1 Å². The fourth-order valence-electron chi connectivity index (χ4n) is 1.79. The van der Waals surface area contributed by atoms with Gasteiger partial charge in [0.2, 0.25) is 5.89 Å². The van der Waals surface area contributed by atoms with Crippen LogP contribution in [0.1, 0.15) is 5.56 Å². The Morgan fingerprint density at radius 3 is 2.60 bits per heavy atom. The van der Waals surface area contributed by atoms with Gasteiger partial charge in [-0.2, -0.15) is 0 Å². The number of rotatable bonds is 7. The number of ether oxygens (including phenoxy) is 1. The molecule has 0 radical (unpaired) electrons. The van der Waals surface area contributed by atoms with E-state index >= 15 is 0 Å². The number of nitrogens with zero attached hydrogens (tertiary/aromatic N) is 3. The lowest BCUT2D eigenvalue weighted by molar-refractivity contribution is 0.210. The van der Waals surface area contributed by atoms with Crippen molar-refractivity contribution < 1.29 is 9.15 Å². The second-order valence-electron chi connectivity index (χ2n) is 4.77. The summed E-state index contributed by atoms with van der Waals surface area (Å²) < 4.78 is 10.5. The van der Waals surface area contributed by atoms with Crippen molar-refractivity contribution >= 4 is 6.01 Å². The minimum atomic E-state index is 0.411. The SMILES string of the molecule is COCCNc1nnc(-c2ccc(CN(C)C)cc2)o1. The highest BCUT2D eigenvalue weighted by atomic mass is 16.5. The molecule has 0 atom stereocenters. The van der Waals surface area contributed by atoms with E-state index in [1.54, 1.807) is 7.11 Å². The van der Waals surface area contributed by atoms with Gasteiger partial charge in [-0.3, -0.25) is 0 Å². The van der Waals surface area contributed by atoms with E-state index in [4.69, 9.17) is 9.15 Å².